The van der Waals surface area contributed by atoms with E-state index >= 15 is 0 Å². The molecule has 0 saturated carbocycles. The molecule has 0 aliphatic rings. The maximum Gasteiger partial charge on any atom is 0.381 e. The van der Waals surface area contributed by atoms with Crippen molar-refractivity contribution in [3.63, 3.8) is 0 Å². The molecule has 0 unspecified atom stereocenters. The lowest BCUT2D eigenvalue weighted by atomic mass is 10.1. The SMILES string of the molecule is Cc1ccc(-c2nnc(C(F)(F)Cl)n(Cc3ccccc3)c2=O)cc1. The summed E-state index contributed by atoms with van der Waals surface area (Å²) in [6, 6.07) is 15.8. The van der Waals surface area contributed by atoms with Crippen LogP contribution in [0.3, 0.4) is 0 Å². The molecule has 128 valence electrons. The van der Waals surface area contributed by atoms with E-state index in [2.05, 4.69) is 10.2 Å². The van der Waals surface area contributed by atoms with Crippen LogP contribution in [-0.4, -0.2) is 14.8 Å². The maximum absolute atomic E-state index is 13.7. The lowest BCUT2D eigenvalue weighted by Crippen LogP contribution is -2.32. The average Bonchev–Trinajstić information content (AvgIpc) is 2.57. The van der Waals surface area contributed by atoms with Gasteiger partial charge in [0.25, 0.3) is 5.56 Å². The van der Waals surface area contributed by atoms with Crippen molar-refractivity contribution in [2.75, 3.05) is 0 Å². The number of aryl methyl sites for hydroxylation is 1. The van der Waals surface area contributed by atoms with Gasteiger partial charge in [0.05, 0.1) is 6.54 Å². The molecule has 0 atom stereocenters. The third kappa shape index (κ3) is 3.74. The zero-order valence-corrected chi connectivity index (χ0v) is 14.0. The Kier molecular flexibility index (Phi) is 4.63. The van der Waals surface area contributed by atoms with Gasteiger partial charge in [-0.2, -0.15) is 8.78 Å². The van der Waals surface area contributed by atoms with E-state index in [1.54, 1.807) is 42.5 Å². The second-order valence-electron chi connectivity index (χ2n) is 5.61. The highest BCUT2D eigenvalue weighted by Crippen LogP contribution is 2.30. The molecule has 0 amide bonds. The van der Waals surface area contributed by atoms with Crippen molar-refractivity contribution in [3.05, 3.63) is 81.9 Å². The number of benzene rings is 2. The highest BCUT2D eigenvalue weighted by atomic mass is 35.5. The number of alkyl halides is 3. The predicted molar refractivity (Wildman–Crippen MR) is 91.8 cm³/mol. The summed E-state index contributed by atoms with van der Waals surface area (Å²) in [5, 5.41) is 3.44. The Hall–Kier alpha value is -2.60. The van der Waals surface area contributed by atoms with Crippen LogP contribution in [0.4, 0.5) is 8.78 Å². The Morgan fingerprint density at radius 3 is 2.28 bits per heavy atom. The number of halogens is 3. The van der Waals surface area contributed by atoms with Crippen LogP contribution in [0.1, 0.15) is 17.0 Å². The quantitative estimate of drug-likeness (QED) is 0.661. The molecule has 3 rings (SSSR count). The molecule has 0 radical (unpaired) electrons. The van der Waals surface area contributed by atoms with E-state index in [-0.39, 0.29) is 12.2 Å². The molecule has 2 aromatic carbocycles. The maximum atomic E-state index is 13.7. The molecule has 0 aliphatic heterocycles. The van der Waals surface area contributed by atoms with Gasteiger partial charge in [0.2, 0.25) is 5.82 Å². The molecule has 25 heavy (non-hydrogen) atoms. The van der Waals surface area contributed by atoms with Crippen LogP contribution < -0.4 is 5.56 Å². The smallest absolute Gasteiger partial charge is 0.283 e. The number of aromatic nitrogens is 3. The summed E-state index contributed by atoms with van der Waals surface area (Å²) in [6.07, 6.45) is 0. The summed E-state index contributed by atoms with van der Waals surface area (Å²) >= 11 is 5.13. The third-order valence-electron chi connectivity index (χ3n) is 3.71. The molecule has 0 saturated heterocycles. The topological polar surface area (TPSA) is 47.8 Å². The molecule has 7 heteroatoms. The Bertz CT molecular complexity index is 935. The van der Waals surface area contributed by atoms with E-state index < -0.39 is 16.8 Å². The second-order valence-corrected chi connectivity index (χ2v) is 6.09. The predicted octanol–water partition coefficient (Wildman–Crippen LogP) is 3.95. The van der Waals surface area contributed by atoms with E-state index in [1.165, 1.54) is 0 Å². The summed E-state index contributed by atoms with van der Waals surface area (Å²) in [5.41, 5.74) is 1.52. The van der Waals surface area contributed by atoms with Gasteiger partial charge in [-0.1, -0.05) is 60.2 Å². The summed E-state index contributed by atoms with van der Waals surface area (Å²) in [6.45, 7) is 1.83. The van der Waals surface area contributed by atoms with Crippen LogP contribution in [0.15, 0.2) is 59.4 Å². The highest BCUT2D eigenvalue weighted by Gasteiger charge is 2.35. The van der Waals surface area contributed by atoms with Crippen LogP contribution in [0.2, 0.25) is 0 Å². The van der Waals surface area contributed by atoms with Crippen molar-refractivity contribution >= 4 is 11.6 Å². The van der Waals surface area contributed by atoms with Crippen LogP contribution in [0, 0.1) is 6.92 Å². The van der Waals surface area contributed by atoms with E-state index in [0.717, 1.165) is 10.1 Å². The largest absolute Gasteiger partial charge is 0.381 e. The fourth-order valence-electron chi connectivity index (χ4n) is 2.43. The summed E-state index contributed by atoms with van der Waals surface area (Å²) < 4.78 is 28.2. The normalized spacial score (nSPS) is 11.5. The minimum absolute atomic E-state index is 0.000554. The van der Waals surface area contributed by atoms with Crippen LogP contribution in [-0.2, 0) is 11.9 Å². The van der Waals surface area contributed by atoms with Gasteiger partial charge >= 0.3 is 5.38 Å². The first-order valence-corrected chi connectivity index (χ1v) is 7.90. The summed E-state index contributed by atoms with van der Waals surface area (Å²) in [7, 11) is 0. The Morgan fingerprint density at radius 2 is 1.68 bits per heavy atom. The highest BCUT2D eigenvalue weighted by molar-refractivity contribution is 6.21. The van der Waals surface area contributed by atoms with Crippen molar-refractivity contribution in [2.24, 2.45) is 0 Å². The van der Waals surface area contributed by atoms with E-state index in [4.69, 9.17) is 11.6 Å². The number of rotatable bonds is 4. The Balaban J connectivity index is 2.16. The first kappa shape index (κ1) is 17.2. The number of hydrogen-bond acceptors (Lipinski definition) is 3. The van der Waals surface area contributed by atoms with Gasteiger partial charge < -0.3 is 0 Å². The molecule has 3 aromatic rings. The molecule has 4 nitrogen and oxygen atoms in total. The molecule has 0 fully saturated rings. The van der Waals surface area contributed by atoms with Gasteiger partial charge in [-0.05, 0) is 24.1 Å². The van der Waals surface area contributed by atoms with E-state index in [1.807, 2.05) is 19.1 Å². The molecule has 1 heterocycles. The summed E-state index contributed by atoms with van der Waals surface area (Å²) in [5.74, 6) is -0.876. The van der Waals surface area contributed by atoms with Gasteiger partial charge in [-0.3, -0.25) is 9.36 Å². The molecular formula is C18H14ClF2N3O. The van der Waals surface area contributed by atoms with Gasteiger partial charge in [0.15, 0.2) is 5.69 Å². The van der Waals surface area contributed by atoms with E-state index in [9.17, 15) is 13.6 Å². The Labute approximate surface area is 147 Å². The monoisotopic (exact) mass is 361 g/mol. The van der Waals surface area contributed by atoms with Crippen LogP contribution in [0.25, 0.3) is 11.3 Å². The molecular weight excluding hydrogens is 348 g/mol. The molecule has 1 aromatic heterocycles. The lowest BCUT2D eigenvalue weighted by Gasteiger charge is -2.15. The van der Waals surface area contributed by atoms with Gasteiger partial charge in [-0.25, -0.2) is 0 Å². The second kappa shape index (κ2) is 6.72. The average molecular weight is 362 g/mol. The van der Waals surface area contributed by atoms with Crippen LogP contribution >= 0.6 is 11.6 Å². The molecule has 0 N–H and O–H groups in total. The zero-order chi connectivity index (χ0) is 18.0. The lowest BCUT2D eigenvalue weighted by molar-refractivity contribution is 0.0771. The van der Waals surface area contributed by atoms with Crippen LogP contribution in [0.5, 0.6) is 0 Å². The first-order chi connectivity index (χ1) is 11.9. The first-order valence-electron chi connectivity index (χ1n) is 7.52. The molecule has 0 spiro atoms. The third-order valence-corrected chi connectivity index (χ3v) is 3.88. The molecule has 0 bridgehead atoms. The zero-order valence-electron chi connectivity index (χ0n) is 13.3. The van der Waals surface area contributed by atoms with Gasteiger partial charge in [0.1, 0.15) is 0 Å². The van der Waals surface area contributed by atoms with Gasteiger partial charge in [-0.15, -0.1) is 10.2 Å². The minimum Gasteiger partial charge on any atom is -0.283 e. The van der Waals surface area contributed by atoms with Crippen molar-refractivity contribution in [3.8, 4) is 11.3 Å². The Morgan fingerprint density at radius 1 is 1.04 bits per heavy atom. The molecule has 0 aliphatic carbocycles. The standard InChI is InChI=1S/C18H14ClF2N3O/c1-12-7-9-14(10-8-12)15-16(25)24(11-13-5-3-2-4-6-13)17(23-22-15)18(19,20)21/h2-10H,11H2,1H3. The van der Waals surface area contributed by atoms with Crippen molar-refractivity contribution in [1.29, 1.82) is 0 Å². The van der Waals surface area contributed by atoms with Crippen molar-refractivity contribution < 1.29 is 8.78 Å². The van der Waals surface area contributed by atoms with Crippen molar-refractivity contribution in [2.45, 2.75) is 18.9 Å². The van der Waals surface area contributed by atoms with E-state index in [0.29, 0.717) is 11.1 Å². The number of hydrogen-bond donors (Lipinski definition) is 0. The minimum atomic E-state index is -3.80. The summed E-state index contributed by atoms with van der Waals surface area (Å²) in [4.78, 5) is 12.8. The van der Waals surface area contributed by atoms with Crippen molar-refractivity contribution in [1.82, 2.24) is 14.8 Å². The fraction of sp³-hybridized carbons (Fsp3) is 0.167. The fourth-order valence-corrected chi connectivity index (χ4v) is 2.57. The van der Waals surface area contributed by atoms with Gasteiger partial charge in [0, 0.05) is 5.56 Å². The number of nitrogens with zero attached hydrogens (tertiary/aromatic N) is 3.